The van der Waals surface area contributed by atoms with Crippen molar-refractivity contribution >= 4 is 24.4 Å². The number of anilines is 1. The SMILES string of the molecule is Cc1c(N)cc(CN2CCN(C(=O)OCC3c4ccccc4-c4ccccc43)CC2)cc1B1OC(C)(C)C(C)(C)O1. The van der Waals surface area contributed by atoms with Crippen molar-refractivity contribution in [2.45, 2.75) is 58.3 Å². The predicted octanol–water partition coefficient (Wildman–Crippen LogP) is 4.94. The Labute approximate surface area is 243 Å². The largest absolute Gasteiger partial charge is 0.495 e. The molecule has 41 heavy (non-hydrogen) atoms. The van der Waals surface area contributed by atoms with E-state index in [-0.39, 0.29) is 12.0 Å². The number of hydrogen-bond acceptors (Lipinski definition) is 6. The van der Waals surface area contributed by atoms with Crippen LogP contribution in [0.3, 0.4) is 0 Å². The van der Waals surface area contributed by atoms with E-state index in [9.17, 15) is 4.79 Å². The number of nitrogen functional groups attached to an aromatic ring is 1. The average Bonchev–Trinajstić information content (AvgIpc) is 3.38. The third-order valence-electron chi connectivity index (χ3n) is 9.43. The molecule has 3 aromatic carbocycles. The van der Waals surface area contributed by atoms with E-state index in [4.69, 9.17) is 19.8 Å². The minimum Gasteiger partial charge on any atom is -0.448 e. The van der Waals surface area contributed by atoms with Gasteiger partial charge in [-0.2, -0.15) is 0 Å². The van der Waals surface area contributed by atoms with Crippen molar-refractivity contribution in [3.05, 3.63) is 82.9 Å². The molecule has 0 saturated carbocycles. The van der Waals surface area contributed by atoms with Gasteiger partial charge in [-0.25, -0.2) is 4.79 Å². The average molecular weight is 554 g/mol. The van der Waals surface area contributed by atoms with E-state index in [1.165, 1.54) is 22.3 Å². The number of nitrogens with two attached hydrogens (primary N) is 1. The smallest absolute Gasteiger partial charge is 0.448 e. The highest BCUT2D eigenvalue weighted by Gasteiger charge is 2.52. The van der Waals surface area contributed by atoms with Gasteiger partial charge in [-0.3, -0.25) is 4.90 Å². The molecule has 1 amide bonds. The Morgan fingerprint density at radius 2 is 1.49 bits per heavy atom. The van der Waals surface area contributed by atoms with Gasteiger partial charge in [0.15, 0.2) is 0 Å². The van der Waals surface area contributed by atoms with Gasteiger partial charge < -0.3 is 24.7 Å². The number of piperazine rings is 1. The van der Waals surface area contributed by atoms with Gasteiger partial charge in [0.2, 0.25) is 0 Å². The normalized spacial score (nSPS) is 19.7. The van der Waals surface area contributed by atoms with Crippen LogP contribution in [0.2, 0.25) is 0 Å². The van der Waals surface area contributed by atoms with Crippen molar-refractivity contribution in [3.8, 4) is 11.1 Å². The lowest BCUT2D eigenvalue weighted by atomic mass is 9.75. The van der Waals surface area contributed by atoms with E-state index in [0.717, 1.165) is 41.9 Å². The number of rotatable bonds is 5. The molecule has 2 aliphatic heterocycles. The number of carbonyl (C=O) groups excluding carboxylic acids is 1. The maximum Gasteiger partial charge on any atom is 0.495 e. The van der Waals surface area contributed by atoms with Crippen LogP contribution in [0, 0.1) is 6.92 Å². The Morgan fingerprint density at radius 3 is 2.07 bits per heavy atom. The molecule has 7 nitrogen and oxygen atoms in total. The first-order valence-electron chi connectivity index (χ1n) is 14.6. The highest BCUT2D eigenvalue weighted by molar-refractivity contribution is 6.62. The minimum absolute atomic E-state index is 0.0674. The molecule has 3 aliphatic rings. The number of fused-ring (bicyclic) bond motifs is 3. The monoisotopic (exact) mass is 553 g/mol. The third-order valence-corrected chi connectivity index (χ3v) is 9.43. The molecule has 2 heterocycles. The van der Waals surface area contributed by atoms with Gasteiger partial charge in [0, 0.05) is 44.3 Å². The molecule has 2 N–H and O–H groups in total. The first-order valence-corrected chi connectivity index (χ1v) is 14.6. The zero-order valence-corrected chi connectivity index (χ0v) is 24.8. The van der Waals surface area contributed by atoms with Gasteiger partial charge in [-0.15, -0.1) is 0 Å². The molecule has 1 aliphatic carbocycles. The number of nitrogens with zero attached hydrogens (tertiary/aromatic N) is 2. The molecule has 0 radical (unpaired) electrons. The fourth-order valence-corrected chi connectivity index (χ4v) is 6.16. The first kappa shape index (κ1) is 27.8. The number of ether oxygens (including phenoxy) is 1. The quantitative estimate of drug-likeness (QED) is 0.356. The van der Waals surface area contributed by atoms with E-state index in [0.29, 0.717) is 19.7 Å². The van der Waals surface area contributed by atoms with Gasteiger partial charge >= 0.3 is 13.2 Å². The summed E-state index contributed by atoms with van der Waals surface area (Å²) >= 11 is 0. The summed E-state index contributed by atoms with van der Waals surface area (Å²) in [5.41, 5.74) is 14.4. The van der Waals surface area contributed by atoms with Crippen molar-refractivity contribution in [2.24, 2.45) is 0 Å². The summed E-state index contributed by atoms with van der Waals surface area (Å²) in [7, 11) is -0.451. The predicted molar refractivity (Wildman–Crippen MR) is 163 cm³/mol. The maximum atomic E-state index is 13.1. The van der Waals surface area contributed by atoms with Crippen molar-refractivity contribution in [2.75, 3.05) is 38.5 Å². The van der Waals surface area contributed by atoms with Crippen molar-refractivity contribution in [3.63, 3.8) is 0 Å². The van der Waals surface area contributed by atoms with Crippen LogP contribution in [0.15, 0.2) is 60.7 Å². The maximum absolute atomic E-state index is 13.1. The van der Waals surface area contributed by atoms with E-state index in [1.807, 2.05) is 17.9 Å². The number of amides is 1. The van der Waals surface area contributed by atoms with Crippen LogP contribution in [-0.2, 0) is 20.6 Å². The fraction of sp³-hybridized carbons (Fsp3) is 0.424. The lowest BCUT2D eigenvalue weighted by Crippen LogP contribution is -2.48. The van der Waals surface area contributed by atoms with E-state index in [1.54, 1.807) is 0 Å². The lowest BCUT2D eigenvalue weighted by Gasteiger charge is -2.34. The minimum atomic E-state index is -0.451. The van der Waals surface area contributed by atoms with Crippen LogP contribution < -0.4 is 11.2 Å². The van der Waals surface area contributed by atoms with Gasteiger partial charge in [0.25, 0.3) is 0 Å². The summed E-state index contributed by atoms with van der Waals surface area (Å²) in [5, 5.41) is 0. The molecule has 0 aromatic heterocycles. The Kier molecular flexibility index (Phi) is 7.13. The second-order valence-electron chi connectivity index (χ2n) is 12.6. The molecule has 2 saturated heterocycles. The summed E-state index contributed by atoms with van der Waals surface area (Å²) in [6, 6.07) is 21.0. The summed E-state index contributed by atoms with van der Waals surface area (Å²) in [4.78, 5) is 17.2. The first-order chi connectivity index (χ1) is 19.5. The standard InChI is InChI=1S/C33H40BN3O4/c1-22-29(34-40-32(2,3)33(4,5)41-34)18-23(19-30(22)35)20-36-14-16-37(17-15-36)31(38)39-21-28-26-12-8-6-10-24(26)25-11-7-9-13-27(25)28/h6-13,18-19,28H,14-17,20-21,35H2,1-5H3. The molecule has 214 valence electrons. The highest BCUT2D eigenvalue weighted by atomic mass is 16.7. The molecule has 0 bridgehead atoms. The van der Waals surface area contributed by atoms with Crippen molar-refractivity contribution in [1.29, 1.82) is 0 Å². The summed E-state index contributed by atoms with van der Waals surface area (Å²) < 4.78 is 18.5. The van der Waals surface area contributed by atoms with Crippen LogP contribution >= 0.6 is 0 Å². The summed E-state index contributed by atoms with van der Waals surface area (Å²) in [5.74, 6) is 0.0674. The van der Waals surface area contributed by atoms with Gasteiger partial charge in [-0.1, -0.05) is 54.6 Å². The second-order valence-corrected chi connectivity index (χ2v) is 12.6. The van der Waals surface area contributed by atoms with Crippen LogP contribution in [0.1, 0.15) is 55.9 Å². The van der Waals surface area contributed by atoms with E-state index < -0.39 is 18.3 Å². The van der Waals surface area contributed by atoms with Crippen LogP contribution in [-0.4, -0.2) is 67.0 Å². The highest BCUT2D eigenvalue weighted by Crippen LogP contribution is 2.44. The fourth-order valence-electron chi connectivity index (χ4n) is 6.16. The number of carbonyl (C=O) groups is 1. The number of hydrogen-bond donors (Lipinski definition) is 1. The summed E-state index contributed by atoms with van der Waals surface area (Å²) in [6.45, 7) is 14.1. The molecule has 2 fully saturated rings. The molecule has 0 atom stereocenters. The molecule has 3 aromatic rings. The zero-order chi connectivity index (χ0) is 28.9. The topological polar surface area (TPSA) is 77.3 Å². The van der Waals surface area contributed by atoms with Crippen molar-refractivity contribution in [1.82, 2.24) is 9.80 Å². The molecule has 8 heteroatoms. The van der Waals surface area contributed by atoms with E-state index in [2.05, 4.69) is 87.2 Å². The Balaban J connectivity index is 1.06. The Morgan fingerprint density at radius 1 is 0.927 bits per heavy atom. The third kappa shape index (κ3) is 5.13. The molecule has 0 unspecified atom stereocenters. The zero-order valence-electron chi connectivity index (χ0n) is 24.8. The van der Waals surface area contributed by atoms with E-state index >= 15 is 0 Å². The van der Waals surface area contributed by atoms with Crippen LogP contribution in [0.25, 0.3) is 11.1 Å². The molecular formula is C33H40BN3O4. The van der Waals surface area contributed by atoms with Crippen LogP contribution in [0.5, 0.6) is 0 Å². The molecular weight excluding hydrogens is 513 g/mol. The molecule has 6 rings (SSSR count). The number of benzene rings is 3. The Bertz CT molecular complexity index is 1400. The molecule has 0 spiro atoms. The van der Waals surface area contributed by atoms with Gasteiger partial charge in [0.05, 0.1) is 11.2 Å². The van der Waals surface area contributed by atoms with Crippen molar-refractivity contribution < 1.29 is 18.8 Å². The Hall–Kier alpha value is -3.33. The van der Waals surface area contributed by atoms with Gasteiger partial charge in [0.1, 0.15) is 6.61 Å². The second kappa shape index (κ2) is 10.5. The summed E-state index contributed by atoms with van der Waals surface area (Å²) in [6.07, 6.45) is -0.242. The van der Waals surface area contributed by atoms with Crippen LogP contribution in [0.4, 0.5) is 10.5 Å². The lowest BCUT2D eigenvalue weighted by molar-refractivity contribution is 0.00578. The van der Waals surface area contributed by atoms with Gasteiger partial charge in [-0.05, 0) is 79.5 Å².